The highest BCUT2D eigenvalue weighted by molar-refractivity contribution is 5.93. The molecule has 2 unspecified atom stereocenters. The minimum Gasteiger partial charge on any atom is -0.493 e. The number of nitrogens with zero attached hydrogens (tertiary/aromatic N) is 2. The predicted octanol–water partition coefficient (Wildman–Crippen LogP) is 3.38. The molecule has 1 amide bonds. The minimum atomic E-state index is -0.0387. The van der Waals surface area contributed by atoms with Crippen molar-refractivity contribution in [1.29, 1.82) is 0 Å². The number of nitrogens with two attached hydrogens (primary N) is 1. The zero-order chi connectivity index (χ0) is 20.2. The lowest BCUT2D eigenvalue weighted by Gasteiger charge is -2.25. The molecule has 2 atom stereocenters. The molecule has 2 heterocycles. The monoisotopic (exact) mass is 394 g/mol. The molecule has 0 spiro atoms. The number of benzene rings is 1. The van der Waals surface area contributed by atoms with Crippen LogP contribution in [0.3, 0.4) is 0 Å². The molecular weight excluding hydrogens is 368 g/mol. The van der Waals surface area contributed by atoms with E-state index in [1.165, 1.54) is 0 Å². The topological polar surface area (TPSA) is 90.9 Å². The summed E-state index contributed by atoms with van der Waals surface area (Å²) in [7, 11) is 1.59. The quantitative estimate of drug-likeness (QED) is 0.669. The van der Waals surface area contributed by atoms with Gasteiger partial charge in [0.2, 0.25) is 5.91 Å². The van der Waals surface area contributed by atoms with E-state index in [9.17, 15) is 4.79 Å². The second kappa shape index (κ2) is 8.53. The average molecular weight is 394 g/mol. The molecule has 0 saturated heterocycles. The van der Waals surface area contributed by atoms with Gasteiger partial charge in [0.25, 0.3) is 0 Å². The molecule has 3 N–H and O–H groups in total. The van der Waals surface area contributed by atoms with E-state index in [0.29, 0.717) is 23.8 Å². The van der Waals surface area contributed by atoms with Gasteiger partial charge >= 0.3 is 0 Å². The highest BCUT2D eigenvalue weighted by atomic mass is 16.5. The number of anilines is 1. The van der Waals surface area contributed by atoms with Crippen molar-refractivity contribution in [2.75, 3.05) is 12.4 Å². The van der Waals surface area contributed by atoms with Crippen LogP contribution in [-0.4, -0.2) is 28.4 Å². The Morgan fingerprint density at radius 2 is 2.17 bits per heavy atom. The molecule has 2 aromatic heterocycles. The van der Waals surface area contributed by atoms with Crippen molar-refractivity contribution in [3.63, 3.8) is 0 Å². The van der Waals surface area contributed by atoms with Crippen LogP contribution >= 0.6 is 0 Å². The molecule has 1 saturated carbocycles. The molecule has 0 aliphatic heterocycles. The van der Waals surface area contributed by atoms with Crippen LogP contribution < -0.4 is 20.5 Å². The molecule has 7 nitrogen and oxygen atoms in total. The third kappa shape index (κ3) is 4.51. The summed E-state index contributed by atoms with van der Waals surface area (Å²) < 4.78 is 13.3. The lowest BCUT2D eigenvalue weighted by molar-refractivity contribution is -0.120. The number of carbonyl (C=O) groups is 1. The number of rotatable bonds is 6. The van der Waals surface area contributed by atoms with Crippen molar-refractivity contribution in [3.8, 4) is 11.5 Å². The fourth-order valence-corrected chi connectivity index (χ4v) is 3.79. The summed E-state index contributed by atoms with van der Waals surface area (Å²) in [5, 5.41) is 2.99. The molecule has 152 valence electrons. The zero-order valence-electron chi connectivity index (χ0n) is 16.5. The van der Waals surface area contributed by atoms with Crippen LogP contribution in [0.25, 0.3) is 5.65 Å². The van der Waals surface area contributed by atoms with Crippen molar-refractivity contribution in [1.82, 2.24) is 9.38 Å². The number of aromatic nitrogens is 2. The van der Waals surface area contributed by atoms with E-state index >= 15 is 0 Å². The fourth-order valence-electron chi connectivity index (χ4n) is 3.79. The van der Waals surface area contributed by atoms with Gasteiger partial charge in [-0.05, 0) is 43.5 Å². The SMILES string of the molecule is COc1ccc(NC(=O)C2CCCC(N)C2)cc1OCc1cn2ccccc2n1. The van der Waals surface area contributed by atoms with Gasteiger partial charge < -0.3 is 24.9 Å². The number of ether oxygens (including phenoxy) is 2. The first-order valence-corrected chi connectivity index (χ1v) is 9.92. The maximum atomic E-state index is 12.6. The van der Waals surface area contributed by atoms with E-state index in [2.05, 4.69) is 10.3 Å². The number of nitrogens with one attached hydrogen (secondary N) is 1. The number of hydrogen-bond donors (Lipinski definition) is 2. The lowest BCUT2D eigenvalue weighted by atomic mass is 9.85. The Kier molecular flexibility index (Phi) is 5.67. The maximum Gasteiger partial charge on any atom is 0.227 e. The Hall–Kier alpha value is -3.06. The molecule has 1 aromatic carbocycles. The van der Waals surface area contributed by atoms with E-state index in [-0.39, 0.29) is 17.9 Å². The highest BCUT2D eigenvalue weighted by Crippen LogP contribution is 2.32. The summed E-state index contributed by atoms with van der Waals surface area (Å²) in [4.78, 5) is 17.1. The maximum absolute atomic E-state index is 12.6. The second-order valence-corrected chi connectivity index (χ2v) is 7.47. The summed E-state index contributed by atoms with van der Waals surface area (Å²) >= 11 is 0. The molecule has 29 heavy (non-hydrogen) atoms. The molecule has 0 bridgehead atoms. The first-order chi connectivity index (χ1) is 14.1. The molecule has 0 radical (unpaired) electrons. The molecule has 1 fully saturated rings. The van der Waals surface area contributed by atoms with Crippen LogP contribution in [0.2, 0.25) is 0 Å². The van der Waals surface area contributed by atoms with Gasteiger partial charge in [0, 0.05) is 36.1 Å². The van der Waals surface area contributed by atoms with Gasteiger partial charge in [0.1, 0.15) is 12.3 Å². The Bertz CT molecular complexity index is 968. The second-order valence-electron chi connectivity index (χ2n) is 7.47. The Morgan fingerprint density at radius 3 is 2.97 bits per heavy atom. The van der Waals surface area contributed by atoms with Gasteiger partial charge in [-0.1, -0.05) is 12.5 Å². The lowest BCUT2D eigenvalue weighted by Crippen LogP contribution is -2.34. The number of amides is 1. The van der Waals surface area contributed by atoms with Crippen molar-refractivity contribution in [2.24, 2.45) is 11.7 Å². The Morgan fingerprint density at radius 1 is 1.28 bits per heavy atom. The third-order valence-electron chi connectivity index (χ3n) is 5.31. The van der Waals surface area contributed by atoms with E-state index < -0.39 is 0 Å². The molecule has 1 aliphatic rings. The van der Waals surface area contributed by atoms with E-state index in [0.717, 1.165) is 37.0 Å². The molecular formula is C22H26N4O3. The summed E-state index contributed by atoms with van der Waals surface area (Å²) in [6.07, 6.45) is 7.48. The van der Waals surface area contributed by atoms with E-state index in [1.807, 2.05) is 41.1 Å². The van der Waals surface area contributed by atoms with Crippen LogP contribution in [0, 0.1) is 5.92 Å². The standard InChI is InChI=1S/C22H26N4O3/c1-28-19-9-8-17(25-22(27)15-5-4-6-16(23)11-15)12-20(19)29-14-18-13-26-10-3-2-7-21(26)24-18/h2-3,7-10,12-13,15-16H,4-6,11,14,23H2,1H3,(H,25,27). The summed E-state index contributed by atoms with van der Waals surface area (Å²) in [6, 6.07) is 11.3. The highest BCUT2D eigenvalue weighted by Gasteiger charge is 2.25. The summed E-state index contributed by atoms with van der Waals surface area (Å²) in [5.41, 5.74) is 8.37. The first kappa shape index (κ1) is 19.3. The Balaban J connectivity index is 1.45. The van der Waals surface area contributed by atoms with Gasteiger partial charge in [-0.15, -0.1) is 0 Å². The molecule has 3 aromatic rings. The van der Waals surface area contributed by atoms with Gasteiger partial charge in [-0.3, -0.25) is 4.79 Å². The van der Waals surface area contributed by atoms with E-state index in [4.69, 9.17) is 15.2 Å². The predicted molar refractivity (Wildman–Crippen MR) is 111 cm³/mol. The van der Waals surface area contributed by atoms with Crippen LogP contribution in [0.1, 0.15) is 31.4 Å². The normalized spacial score (nSPS) is 19.1. The summed E-state index contributed by atoms with van der Waals surface area (Å²) in [5.74, 6) is 1.13. The Labute approximate surface area is 169 Å². The van der Waals surface area contributed by atoms with Gasteiger partial charge in [0.05, 0.1) is 12.8 Å². The number of carbonyl (C=O) groups excluding carboxylic acids is 1. The zero-order valence-corrected chi connectivity index (χ0v) is 16.5. The van der Waals surface area contributed by atoms with Gasteiger partial charge in [0.15, 0.2) is 11.5 Å². The number of fused-ring (bicyclic) bond motifs is 1. The van der Waals surface area contributed by atoms with Crippen LogP contribution in [0.5, 0.6) is 11.5 Å². The number of imidazole rings is 1. The minimum absolute atomic E-state index is 0.0108. The van der Waals surface area contributed by atoms with Crippen molar-refractivity contribution >= 4 is 17.2 Å². The van der Waals surface area contributed by atoms with Crippen LogP contribution in [0.4, 0.5) is 5.69 Å². The van der Waals surface area contributed by atoms with E-state index in [1.54, 1.807) is 19.2 Å². The molecule has 4 rings (SSSR count). The van der Waals surface area contributed by atoms with Crippen molar-refractivity contribution in [2.45, 2.75) is 38.3 Å². The number of methoxy groups -OCH3 is 1. The van der Waals surface area contributed by atoms with Gasteiger partial charge in [-0.25, -0.2) is 4.98 Å². The van der Waals surface area contributed by atoms with Crippen LogP contribution in [-0.2, 0) is 11.4 Å². The average Bonchev–Trinajstić information content (AvgIpc) is 3.15. The largest absolute Gasteiger partial charge is 0.493 e. The molecule has 7 heteroatoms. The van der Waals surface area contributed by atoms with Crippen LogP contribution in [0.15, 0.2) is 48.8 Å². The third-order valence-corrected chi connectivity index (χ3v) is 5.31. The fraction of sp³-hybridized carbons (Fsp3) is 0.364. The number of pyridine rings is 1. The van der Waals surface area contributed by atoms with Gasteiger partial charge in [-0.2, -0.15) is 0 Å². The summed E-state index contributed by atoms with van der Waals surface area (Å²) in [6.45, 7) is 0.299. The first-order valence-electron chi connectivity index (χ1n) is 9.92. The number of hydrogen-bond acceptors (Lipinski definition) is 5. The molecule has 1 aliphatic carbocycles. The smallest absolute Gasteiger partial charge is 0.227 e. The van der Waals surface area contributed by atoms with Crippen molar-refractivity contribution in [3.05, 3.63) is 54.5 Å². The van der Waals surface area contributed by atoms with Crippen molar-refractivity contribution < 1.29 is 14.3 Å².